The SMILES string of the molecule is CCCn1cc(OCCNC(C)(C)CC)cn1. The first-order chi connectivity index (χ1) is 8.07. The predicted octanol–water partition coefficient (Wildman–Crippen LogP) is 2.45. The second-order valence-corrected chi connectivity index (χ2v) is 4.95. The molecule has 0 fully saturated rings. The molecule has 1 heterocycles. The molecule has 4 heteroatoms. The number of hydrogen-bond donors (Lipinski definition) is 1. The van der Waals surface area contributed by atoms with E-state index in [0.717, 1.165) is 31.7 Å². The van der Waals surface area contributed by atoms with Crippen LogP contribution in [-0.4, -0.2) is 28.5 Å². The monoisotopic (exact) mass is 239 g/mol. The molecule has 1 aromatic rings. The van der Waals surface area contributed by atoms with Gasteiger partial charge in [-0.25, -0.2) is 0 Å². The summed E-state index contributed by atoms with van der Waals surface area (Å²) >= 11 is 0. The third kappa shape index (κ3) is 5.22. The van der Waals surface area contributed by atoms with Crippen LogP contribution in [0.25, 0.3) is 0 Å². The minimum atomic E-state index is 0.190. The minimum Gasteiger partial charge on any atom is -0.489 e. The highest BCUT2D eigenvalue weighted by Crippen LogP contribution is 2.09. The molecule has 0 spiro atoms. The molecule has 1 aromatic heterocycles. The van der Waals surface area contributed by atoms with E-state index >= 15 is 0 Å². The lowest BCUT2D eigenvalue weighted by atomic mass is 10.0. The lowest BCUT2D eigenvalue weighted by Crippen LogP contribution is -2.40. The fourth-order valence-corrected chi connectivity index (χ4v) is 1.45. The topological polar surface area (TPSA) is 39.1 Å². The van der Waals surface area contributed by atoms with Gasteiger partial charge in [0.15, 0.2) is 5.75 Å². The highest BCUT2D eigenvalue weighted by Gasteiger charge is 2.12. The van der Waals surface area contributed by atoms with Gasteiger partial charge in [0.05, 0.1) is 12.4 Å². The first-order valence-electron chi connectivity index (χ1n) is 6.47. The van der Waals surface area contributed by atoms with E-state index in [1.54, 1.807) is 6.20 Å². The molecule has 98 valence electrons. The fourth-order valence-electron chi connectivity index (χ4n) is 1.45. The van der Waals surface area contributed by atoms with Gasteiger partial charge in [0.25, 0.3) is 0 Å². The minimum absolute atomic E-state index is 0.190. The molecule has 0 saturated carbocycles. The summed E-state index contributed by atoms with van der Waals surface area (Å²) in [4.78, 5) is 0. The molecule has 0 saturated heterocycles. The van der Waals surface area contributed by atoms with Crippen LogP contribution in [0.5, 0.6) is 5.75 Å². The Morgan fingerprint density at radius 1 is 1.41 bits per heavy atom. The summed E-state index contributed by atoms with van der Waals surface area (Å²) < 4.78 is 7.54. The number of aromatic nitrogens is 2. The third-order valence-electron chi connectivity index (χ3n) is 2.92. The zero-order valence-electron chi connectivity index (χ0n) is 11.5. The quantitative estimate of drug-likeness (QED) is 0.708. The molecule has 0 atom stereocenters. The van der Waals surface area contributed by atoms with Crippen LogP contribution in [0.3, 0.4) is 0 Å². The van der Waals surface area contributed by atoms with E-state index in [4.69, 9.17) is 4.74 Å². The average Bonchev–Trinajstić information content (AvgIpc) is 2.73. The van der Waals surface area contributed by atoms with Gasteiger partial charge in [-0.3, -0.25) is 4.68 Å². The van der Waals surface area contributed by atoms with Gasteiger partial charge in [-0.1, -0.05) is 13.8 Å². The summed E-state index contributed by atoms with van der Waals surface area (Å²) in [7, 11) is 0. The molecular formula is C13H25N3O. The van der Waals surface area contributed by atoms with E-state index in [0.29, 0.717) is 6.61 Å². The number of nitrogens with one attached hydrogen (secondary N) is 1. The van der Waals surface area contributed by atoms with E-state index in [1.165, 1.54) is 0 Å². The molecule has 0 aliphatic heterocycles. The van der Waals surface area contributed by atoms with E-state index in [1.807, 2.05) is 10.9 Å². The fraction of sp³-hybridized carbons (Fsp3) is 0.769. The van der Waals surface area contributed by atoms with Crippen molar-refractivity contribution in [2.45, 2.75) is 52.6 Å². The molecule has 1 rings (SSSR count). The van der Waals surface area contributed by atoms with Crippen LogP contribution in [0.2, 0.25) is 0 Å². The van der Waals surface area contributed by atoms with Crippen LogP contribution in [0, 0.1) is 0 Å². The van der Waals surface area contributed by atoms with E-state index in [2.05, 4.69) is 38.1 Å². The maximum Gasteiger partial charge on any atom is 0.157 e. The van der Waals surface area contributed by atoms with Gasteiger partial charge in [0.2, 0.25) is 0 Å². The maximum absolute atomic E-state index is 5.63. The lowest BCUT2D eigenvalue weighted by molar-refractivity contribution is 0.280. The molecule has 1 N–H and O–H groups in total. The molecule has 0 aromatic carbocycles. The second-order valence-electron chi connectivity index (χ2n) is 4.95. The van der Waals surface area contributed by atoms with Gasteiger partial charge >= 0.3 is 0 Å². The van der Waals surface area contributed by atoms with Crippen molar-refractivity contribution >= 4 is 0 Å². The number of aryl methyl sites for hydroxylation is 1. The van der Waals surface area contributed by atoms with Crippen LogP contribution in [-0.2, 0) is 6.54 Å². The predicted molar refractivity (Wildman–Crippen MR) is 70.4 cm³/mol. The van der Waals surface area contributed by atoms with Crippen molar-refractivity contribution < 1.29 is 4.74 Å². The van der Waals surface area contributed by atoms with Crippen molar-refractivity contribution in [3.63, 3.8) is 0 Å². The normalized spacial score (nSPS) is 11.8. The Morgan fingerprint density at radius 2 is 2.18 bits per heavy atom. The van der Waals surface area contributed by atoms with Crippen molar-refractivity contribution in [1.29, 1.82) is 0 Å². The first-order valence-corrected chi connectivity index (χ1v) is 6.47. The smallest absolute Gasteiger partial charge is 0.157 e. The Hall–Kier alpha value is -1.03. The average molecular weight is 239 g/mol. The molecule has 0 aliphatic carbocycles. The summed E-state index contributed by atoms with van der Waals surface area (Å²) in [5.74, 6) is 0.856. The molecular weight excluding hydrogens is 214 g/mol. The van der Waals surface area contributed by atoms with Crippen molar-refractivity contribution in [1.82, 2.24) is 15.1 Å². The number of hydrogen-bond acceptors (Lipinski definition) is 3. The summed E-state index contributed by atoms with van der Waals surface area (Å²) in [5.41, 5.74) is 0.190. The summed E-state index contributed by atoms with van der Waals surface area (Å²) in [5, 5.41) is 7.68. The van der Waals surface area contributed by atoms with E-state index in [-0.39, 0.29) is 5.54 Å². The van der Waals surface area contributed by atoms with Crippen molar-refractivity contribution in [2.75, 3.05) is 13.2 Å². The van der Waals surface area contributed by atoms with Crippen LogP contribution in [0.15, 0.2) is 12.4 Å². The Balaban J connectivity index is 2.22. The van der Waals surface area contributed by atoms with Gasteiger partial charge < -0.3 is 10.1 Å². The molecule has 0 amide bonds. The van der Waals surface area contributed by atoms with Crippen molar-refractivity contribution in [3.05, 3.63) is 12.4 Å². The van der Waals surface area contributed by atoms with Crippen molar-refractivity contribution in [2.24, 2.45) is 0 Å². The Morgan fingerprint density at radius 3 is 2.82 bits per heavy atom. The zero-order chi connectivity index (χ0) is 12.7. The Labute approximate surface area is 104 Å². The van der Waals surface area contributed by atoms with Gasteiger partial charge in [-0.15, -0.1) is 0 Å². The van der Waals surface area contributed by atoms with Gasteiger partial charge in [-0.2, -0.15) is 5.10 Å². The molecule has 0 unspecified atom stereocenters. The zero-order valence-corrected chi connectivity index (χ0v) is 11.5. The van der Waals surface area contributed by atoms with Gasteiger partial charge in [0.1, 0.15) is 6.61 Å². The van der Waals surface area contributed by atoms with Gasteiger partial charge in [0, 0.05) is 18.6 Å². The molecule has 0 radical (unpaired) electrons. The Kier molecular flexibility index (Phi) is 5.48. The highest BCUT2D eigenvalue weighted by molar-refractivity contribution is 5.11. The maximum atomic E-state index is 5.63. The van der Waals surface area contributed by atoms with Crippen LogP contribution < -0.4 is 10.1 Å². The number of ether oxygens (including phenoxy) is 1. The summed E-state index contributed by atoms with van der Waals surface area (Å²) in [6.07, 6.45) is 5.93. The van der Waals surface area contributed by atoms with Crippen LogP contribution in [0.4, 0.5) is 0 Å². The van der Waals surface area contributed by atoms with Crippen LogP contribution >= 0.6 is 0 Å². The van der Waals surface area contributed by atoms with E-state index in [9.17, 15) is 0 Å². The second kappa shape index (κ2) is 6.64. The summed E-state index contributed by atoms with van der Waals surface area (Å²) in [6, 6.07) is 0. The largest absolute Gasteiger partial charge is 0.489 e. The lowest BCUT2D eigenvalue weighted by Gasteiger charge is -2.24. The molecule has 0 aliphatic rings. The number of rotatable bonds is 8. The van der Waals surface area contributed by atoms with Crippen molar-refractivity contribution in [3.8, 4) is 5.75 Å². The van der Waals surface area contributed by atoms with Gasteiger partial charge in [-0.05, 0) is 26.7 Å². The van der Waals surface area contributed by atoms with E-state index < -0.39 is 0 Å². The third-order valence-corrected chi connectivity index (χ3v) is 2.92. The molecule has 17 heavy (non-hydrogen) atoms. The standard InChI is InChI=1S/C13H25N3O/c1-5-8-16-11-12(10-15-16)17-9-7-14-13(3,4)6-2/h10-11,14H,5-9H2,1-4H3. The van der Waals surface area contributed by atoms with Crippen LogP contribution in [0.1, 0.15) is 40.5 Å². The summed E-state index contributed by atoms with van der Waals surface area (Å²) in [6.45, 7) is 11.2. The Bertz CT molecular complexity index is 320. The number of nitrogens with zero attached hydrogens (tertiary/aromatic N) is 2. The highest BCUT2D eigenvalue weighted by atomic mass is 16.5. The molecule has 0 bridgehead atoms. The molecule has 4 nitrogen and oxygen atoms in total. The first kappa shape index (κ1) is 14.0.